The molecule has 7 heteroatoms. The molecule has 1 heterocycles. The van der Waals surface area contributed by atoms with Crippen molar-refractivity contribution in [1.82, 2.24) is 14.9 Å². The average Bonchev–Trinajstić information content (AvgIpc) is 2.66. The summed E-state index contributed by atoms with van der Waals surface area (Å²) in [7, 11) is -1.15. The predicted octanol–water partition coefficient (Wildman–Crippen LogP) is 1.18. The molecule has 1 aromatic carbocycles. The fourth-order valence-electron chi connectivity index (χ4n) is 1.77. The third kappa shape index (κ3) is 4.00. The molecule has 19 heavy (non-hydrogen) atoms. The zero-order valence-electron chi connectivity index (χ0n) is 10.9. The van der Waals surface area contributed by atoms with E-state index in [0.29, 0.717) is 29.9 Å². The molecule has 0 unspecified atom stereocenters. The molecule has 0 amide bonds. The highest BCUT2D eigenvalue weighted by atomic mass is 32.2. The molecule has 104 valence electrons. The summed E-state index contributed by atoms with van der Waals surface area (Å²) in [5.41, 5.74) is 1.35. The van der Waals surface area contributed by atoms with Crippen LogP contribution in [0.4, 0.5) is 4.39 Å². The standard InChI is InChI=1S/C12H16FN3O2S/c1-16(5-6-19(2,17)18)8-12-14-10-4-3-9(13)7-11(10)15-12/h3-4,7H,5-6,8H2,1-2H3,(H,14,15). The Kier molecular flexibility index (Phi) is 3.86. The first-order valence-electron chi connectivity index (χ1n) is 5.84. The van der Waals surface area contributed by atoms with Crippen molar-refractivity contribution in [1.29, 1.82) is 0 Å². The van der Waals surface area contributed by atoms with Gasteiger partial charge in [0.1, 0.15) is 21.5 Å². The summed E-state index contributed by atoms with van der Waals surface area (Å²) in [6.07, 6.45) is 1.21. The van der Waals surface area contributed by atoms with E-state index in [1.807, 2.05) is 11.9 Å². The van der Waals surface area contributed by atoms with E-state index < -0.39 is 9.84 Å². The van der Waals surface area contributed by atoms with Crippen LogP contribution in [0.25, 0.3) is 11.0 Å². The normalized spacial score (nSPS) is 12.4. The molecule has 0 atom stereocenters. The molecule has 0 spiro atoms. The molecule has 2 aromatic rings. The van der Waals surface area contributed by atoms with Gasteiger partial charge in [-0.2, -0.15) is 0 Å². The van der Waals surface area contributed by atoms with Gasteiger partial charge in [0.05, 0.1) is 23.3 Å². The van der Waals surface area contributed by atoms with Crippen molar-refractivity contribution in [2.45, 2.75) is 6.54 Å². The average molecular weight is 285 g/mol. The van der Waals surface area contributed by atoms with E-state index >= 15 is 0 Å². The lowest BCUT2D eigenvalue weighted by molar-refractivity contribution is 0.338. The van der Waals surface area contributed by atoms with Crippen molar-refractivity contribution in [2.75, 3.05) is 25.6 Å². The second-order valence-electron chi connectivity index (χ2n) is 4.71. The first kappa shape index (κ1) is 14.0. The van der Waals surface area contributed by atoms with E-state index in [1.54, 1.807) is 6.07 Å². The lowest BCUT2D eigenvalue weighted by Gasteiger charge is -2.13. The van der Waals surface area contributed by atoms with E-state index in [1.165, 1.54) is 18.4 Å². The van der Waals surface area contributed by atoms with E-state index in [4.69, 9.17) is 0 Å². The molecule has 0 bridgehead atoms. The summed E-state index contributed by atoms with van der Waals surface area (Å²) in [5, 5.41) is 0. The van der Waals surface area contributed by atoms with Crippen LogP contribution in [0.15, 0.2) is 18.2 Å². The Morgan fingerprint density at radius 2 is 2.16 bits per heavy atom. The first-order chi connectivity index (χ1) is 8.83. The second-order valence-corrected chi connectivity index (χ2v) is 6.97. The number of fused-ring (bicyclic) bond motifs is 1. The summed E-state index contributed by atoms with van der Waals surface area (Å²) in [5.74, 6) is 0.489. The van der Waals surface area contributed by atoms with Crippen LogP contribution in [0.1, 0.15) is 5.82 Å². The zero-order chi connectivity index (χ0) is 14.0. The van der Waals surface area contributed by atoms with Gasteiger partial charge in [-0.3, -0.25) is 4.90 Å². The van der Waals surface area contributed by atoms with Gasteiger partial charge in [-0.25, -0.2) is 17.8 Å². The van der Waals surface area contributed by atoms with Crippen LogP contribution in [0, 0.1) is 5.82 Å². The molecule has 1 N–H and O–H groups in total. The highest BCUT2D eigenvalue weighted by molar-refractivity contribution is 7.90. The molecule has 0 aliphatic heterocycles. The van der Waals surface area contributed by atoms with Crippen LogP contribution in [0.2, 0.25) is 0 Å². The molecule has 0 fully saturated rings. The number of hydrogen-bond donors (Lipinski definition) is 1. The maximum absolute atomic E-state index is 13.0. The quantitative estimate of drug-likeness (QED) is 0.896. The number of sulfone groups is 1. The van der Waals surface area contributed by atoms with Crippen molar-refractivity contribution in [3.63, 3.8) is 0 Å². The molecular formula is C12H16FN3O2S. The monoisotopic (exact) mass is 285 g/mol. The minimum atomic E-state index is -2.96. The molecule has 1 aromatic heterocycles. The predicted molar refractivity (Wildman–Crippen MR) is 72.1 cm³/mol. The van der Waals surface area contributed by atoms with Crippen LogP contribution < -0.4 is 0 Å². The number of hydrogen-bond acceptors (Lipinski definition) is 4. The van der Waals surface area contributed by atoms with Gasteiger partial charge in [0.2, 0.25) is 0 Å². The number of benzene rings is 1. The van der Waals surface area contributed by atoms with Crippen LogP contribution in [0.5, 0.6) is 0 Å². The van der Waals surface area contributed by atoms with Gasteiger partial charge >= 0.3 is 0 Å². The molecule has 0 saturated carbocycles. The molecule has 2 rings (SSSR count). The van der Waals surface area contributed by atoms with E-state index in [2.05, 4.69) is 9.97 Å². The van der Waals surface area contributed by atoms with E-state index in [-0.39, 0.29) is 11.6 Å². The highest BCUT2D eigenvalue weighted by Crippen LogP contribution is 2.13. The van der Waals surface area contributed by atoms with Crippen LogP contribution in [-0.2, 0) is 16.4 Å². The highest BCUT2D eigenvalue weighted by Gasteiger charge is 2.09. The first-order valence-corrected chi connectivity index (χ1v) is 7.90. The summed E-state index contributed by atoms with van der Waals surface area (Å²) in [6, 6.07) is 4.36. The Bertz CT molecular complexity index is 681. The lowest BCUT2D eigenvalue weighted by atomic mass is 10.3. The summed E-state index contributed by atoms with van der Waals surface area (Å²) in [6.45, 7) is 0.927. The van der Waals surface area contributed by atoms with Crippen LogP contribution in [-0.4, -0.2) is 48.9 Å². The molecule has 0 radical (unpaired) electrons. The van der Waals surface area contributed by atoms with Gasteiger partial charge in [0.15, 0.2) is 0 Å². The van der Waals surface area contributed by atoms with Gasteiger partial charge in [-0.15, -0.1) is 0 Å². The third-order valence-electron chi connectivity index (χ3n) is 2.76. The molecule has 5 nitrogen and oxygen atoms in total. The number of nitrogens with one attached hydrogen (secondary N) is 1. The number of H-pyrrole nitrogens is 1. The maximum atomic E-state index is 13.0. The topological polar surface area (TPSA) is 66.1 Å². The fourth-order valence-corrected chi connectivity index (χ4v) is 2.41. The Labute approximate surface area is 111 Å². The molecule has 0 aliphatic rings. The largest absolute Gasteiger partial charge is 0.341 e. The Morgan fingerprint density at radius 1 is 1.42 bits per heavy atom. The van der Waals surface area contributed by atoms with Crippen molar-refractivity contribution in [3.05, 3.63) is 29.8 Å². The van der Waals surface area contributed by atoms with E-state index in [9.17, 15) is 12.8 Å². The summed E-state index contributed by atoms with van der Waals surface area (Å²) < 4.78 is 35.2. The van der Waals surface area contributed by atoms with Crippen molar-refractivity contribution >= 4 is 20.9 Å². The summed E-state index contributed by atoms with van der Waals surface area (Å²) >= 11 is 0. The number of imidazole rings is 1. The molecule has 0 aliphatic carbocycles. The van der Waals surface area contributed by atoms with Gasteiger partial charge in [-0.05, 0) is 25.2 Å². The number of rotatable bonds is 5. The minimum absolute atomic E-state index is 0.109. The summed E-state index contributed by atoms with van der Waals surface area (Å²) in [4.78, 5) is 9.20. The van der Waals surface area contributed by atoms with Crippen LogP contribution in [0.3, 0.4) is 0 Å². The maximum Gasteiger partial charge on any atom is 0.148 e. The van der Waals surface area contributed by atoms with Gasteiger partial charge in [-0.1, -0.05) is 0 Å². The fraction of sp³-hybridized carbons (Fsp3) is 0.417. The molecule has 0 saturated heterocycles. The number of aromatic nitrogens is 2. The minimum Gasteiger partial charge on any atom is -0.341 e. The second kappa shape index (κ2) is 5.26. The van der Waals surface area contributed by atoms with Gasteiger partial charge in [0, 0.05) is 12.8 Å². The lowest BCUT2D eigenvalue weighted by Crippen LogP contribution is -2.25. The van der Waals surface area contributed by atoms with Crippen molar-refractivity contribution < 1.29 is 12.8 Å². The number of aromatic amines is 1. The van der Waals surface area contributed by atoms with Crippen molar-refractivity contribution in [2.24, 2.45) is 0 Å². The number of halogens is 1. The Morgan fingerprint density at radius 3 is 2.84 bits per heavy atom. The number of nitrogens with zero attached hydrogens (tertiary/aromatic N) is 2. The molecular weight excluding hydrogens is 269 g/mol. The van der Waals surface area contributed by atoms with Gasteiger partial charge < -0.3 is 4.98 Å². The Balaban J connectivity index is 2.04. The van der Waals surface area contributed by atoms with E-state index in [0.717, 1.165) is 0 Å². The smallest absolute Gasteiger partial charge is 0.148 e. The zero-order valence-corrected chi connectivity index (χ0v) is 11.7. The van der Waals surface area contributed by atoms with Gasteiger partial charge in [0.25, 0.3) is 0 Å². The van der Waals surface area contributed by atoms with Crippen molar-refractivity contribution in [3.8, 4) is 0 Å². The third-order valence-corrected chi connectivity index (χ3v) is 3.68. The SMILES string of the molecule is CN(CCS(C)(=O)=O)Cc1nc2ccc(F)cc2[nH]1. The van der Waals surface area contributed by atoms with Crippen LogP contribution >= 0.6 is 0 Å². The Hall–Kier alpha value is -1.47.